The maximum absolute atomic E-state index is 14.6. The van der Waals surface area contributed by atoms with Gasteiger partial charge in [-0.1, -0.05) is 62.3 Å². The van der Waals surface area contributed by atoms with E-state index in [1.165, 1.54) is 13.2 Å². The number of aliphatic hydroxyl groups is 2. The van der Waals surface area contributed by atoms with Crippen LogP contribution in [0.2, 0.25) is 0 Å². The van der Waals surface area contributed by atoms with E-state index in [0.29, 0.717) is 37.0 Å². The van der Waals surface area contributed by atoms with Gasteiger partial charge in [-0.25, -0.2) is 14.4 Å². The zero-order valence-corrected chi connectivity index (χ0v) is 33.2. The van der Waals surface area contributed by atoms with Crippen LogP contribution < -0.4 is 4.74 Å². The Morgan fingerprint density at radius 3 is 2.54 bits per heavy atom. The number of aliphatic hydroxyl groups excluding tert-OH is 2. The normalized spacial score (nSPS) is 38.6. The number of hydrogen-bond acceptors (Lipinski definition) is 12. The van der Waals surface area contributed by atoms with E-state index < -0.39 is 82.8 Å². The van der Waals surface area contributed by atoms with E-state index in [0.717, 1.165) is 19.3 Å². The van der Waals surface area contributed by atoms with Crippen LogP contribution in [-0.4, -0.2) is 82.6 Å². The number of ether oxygens (including phenoxy) is 6. The number of esters is 3. The maximum Gasteiger partial charge on any atom is 0.379 e. The summed E-state index contributed by atoms with van der Waals surface area (Å²) in [6.07, 6.45) is 10.6. The first-order valence-electron chi connectivity index (χ1n) is 20.2. The van der Waals surface area contributed by atoms with Crippen LogP contribution in [0.25, 0.3) is 0 Å². The summed E-state index contributed by atoms with van der Waals surface area (Å²) in [6.45, 7) is 7.08. The summed E-state index contributed by atoms with van der Waals surface area (Å²) in [5.74, 6) is -6.05. The summed E-state index contributed by atoms with van der Waals surface area (Å²) in [5, 5.41) is 32.8. The second-order valence-corrected chi connectivity index (χ2v) is 16.8. The molecule has 0 amide bonds. The molecule has 13 nitrogen and oxygen atoms in total. The van der Waals surface area contributed by atoms with Crippen molar-refractivity contribution in [2.75, 3.05) is 7.11 Å². The Hall–Kier alpha value is -4.46. The number of rotatable bonds is 6. The number of aliphatic carboxylic acids is 1. The van der Waals surface area contributed by atoms with Gasteiger partial charge in [-0.2, -0.15) is 0 Å². The molecular formula is C44H54O13. The van der Waals surface area contributed by atoms with E-state index in [1.54, 1.807) is 45.0 Å². The number of aryl methyl sites for hydroxylation is 1. The van der Waals surface area contributed by atoms with Crippen LogP contribution in [0.3, 0.4) is 0 Å². The van der Waals surface area contributed by atoms with E-state index >= 15 is 0 Å². The minimum Gasteiger partial charge on any atom is -0.505 e. The second kappa shape index (κ2) is 16.1. The van der Waals surface area contributed by atoms with E-state index in [1.807, 2.05) is 13.0 Å². The van der Waals surface area contributed by atoms with Gasteiger partial charge in [-0.05, 0) is 82.3 Å². The van der Waals surface area contributed by atoms with Crippen molar-refractivity contribution in [3.05, 3.63) is 76.8 Å². The smallest absolute Gasteiger partial charge is 0.379 e. The summed E-state index contributed by atoms with van der Waals surface area (Å²) in [6, 6.07) is 5.24. The van der Waals surface area contributed by atoms with Crippen LogP contribution in [0.15, 0.2) is 65.7 Å². The number of carboxylic acid groups (broad SMARTS) is 1. The van der Waals surface area contributed by atoms with Crippen LogP contribution in [0.1, 0.15) is 94.5 Å². The van der Waals surface area contributed by atoms with Crippen molar-refractivity contribution in [3.63, 3.8) is 0 Å². The van der Waals surface area contributed by atoms with Crippen molar-refractivity contribution in [1.29, 1.82) is 0 Å². The molecule has 308 valence electrons. The Morgan fingerprint density at radius 2 is 1.81 bits per heavy atom. The molecule has 2 bridgehead atoms. The Kier molecular flexibility index (Phi) is 11.5. The molecule has 13 heteroatoms. The molecule has 3 aliphatic heterocycles. The highest BCUT2D eigenvalue weighted by Crippen LogP contribution is 2.55. The summed E-state index contributed by atoms with van der Waals surface area (Å²) in [7, 11) is 1.48. The zero-order chi connectivity index (χ0) is 40.8. The van der Waals surface area contributed by atoms with E-state index in [2.05, 4.69) is 12.2 Å². The number of fused-ring (bicyclic) bond motifs is 3. The molecule has 1 aromatic rings. The molecule has 1 spiro atoms. The monoisotopic (exact) mass is 790 g/mol. The molecule has 3 aliphatic carbocycles. The van der Waals surface area contributed by atoms with Gasteiger partial charge in [0.25, 0.3) is 5.76 Å². The largest absolute Gasteiger partial charge is 0.505 e. The van der Waals surface area contributed by atoms with Crippen molar-refractivity contribution in [2.45, 2.75) is 122 Å². The van der Waals surface area contributed by atoms with Gasteiger partial charge in [-0.3, -0.25) is 4.79 Å². The standard InChI is InChI=1S/C44H54O13/c1-23-12-10-17-33(52-5)35(23)40(49)55-36-25(3)53-34(21-31(36)45)54-32-16-11-15-30-28(32)19-18-26-13-8-6-7-9-14-27-20-29(39(47)48)24(2)22-44(27)38(46)37(41(50)57-44)56-42(51)43(26,30)4/h9-10,12,14,17-20,24-28,30-32,34,36,45-46H,6-8,11,13,15-16,21-22H2,1-5H3,(H,47,48)/b14-9+/t24-,25+,26+,27-,28+,30-,31-,32-,34+,36+,43+,44-/m1/s1. The summed E-state index contributed by atoms with van der Waals surface area (Å²) < 4.78 is 35.9. The van der Waals surface area contributed by atoms with Gasteiger partial charge >= 0.3 is 23.9 Å². The molecule has 2 fully saturated rings. The van der Waals surface area contributed by atoms with Crippen molar-refractivity contribution >= 4 is 23.9 Å². The molecule has 7 rings (SSSR count). The highest BCUT2D eigenvalue weighted by atomic mass is 16.7. The lowest BCUT2D eigenvalue weighted by molar-refractivity contribution is -0.269. The van der Waals surface area contributed by atoms with Crippen molar-refractivity contribution in [1.82, 2.24) is 0 Å². The molecule has 1 saturated carbocycles. The molecule has 1 aromatic carbocycles. The van der Waals surface area contributed by atoms with Crippen LogP contribution in [-0.2, 0) is 38.1 Å². The van der Waals surface area contributed by atoms with Crippen LogP contribution in [0.4, 0.5) is 0 Å². The third-order valence-corrected chi connectivity index (χ3v) is 13.3. The van der Waals surface area contributed by atoms with Gasteiger partial charge in [0.1, 0.15) is 11.3 Å². The summed E-state index contributed by atoms with van der Waals surface area (Å²) in [5.41, 5.74) is -1.59. The average Bonchev–Trinajstić information content (AvgIpc) is 3.39. The number of allylic oxidation sites excluding steroid dienone is 2. The van der Waals surface area contributed by atoms with E-state index in [9.17, 15) is 34.5 Å². The number of carbonyl (C=O) groups excluding carboxylic acids is 3. The number of methoxy groups -OCH3 is 1. The molecule has 0 unspecified atom stereocenters. The lowest BCUT2D eigenvalue weighted by atomic mass is 9.55. The number of hydrogen-bond donors (Lipinski definition) is 3. The lowest BCUT2D eigenvalue weighted by Gasteiger charge is -2.51. The first kappa shape index (κ1) is 40.7. The fourth-order valence-electron chi connectivity index (χ4n) is 10.2. The molecular weight excluding hydrogens is 736 g/mol. The molecule has 57 heavy (non-hydrogen) atoms. The van der Waals surface area contributed by atoms with Gasteiger partial charge in [0.2, 0.25) is 0 Å². The van der Waals surface area contributed by atoms with Crippen molar-refractivity contribution in [3.8, 4) is 5.75 Å². The third-order valence-electron chi connectivity index (χ3n) is 13.3. The van der Waals surface area contributed by atoms with E-state index in [4.69, 9.17) is 28.4 Å². The van der Waals surface area contributed by atoms with Gasteiger partial charge in [0, 0.05) is 30.3 Å². The fourth-order valence-corrected chi connectivity index (χ4v) is 10.2. The summed E-state index contributed by atoms with van der Waals surface area (Å²) in [4.78, 5) is 53.5. The number of carboxylic acids is 1. The second-order valence-electron chi connectivity index (χ2n) is 16.8. The molecule has 1 saturated heterocycles. The van der Waals surface area contributed by atoms with Crippen molar-refractivity contribution in [2.24, 2.45) is 35.0 Å². The van der Waals surface area contributed by atoms with Gasteiger partial charge in [0.05, 0.1) is 30.8 Å². The molecule has 3 heterocycles. The highest BCUT2D eigenvalue weighted by Gasteiger charge is 2.60. The maximum atomic E-state index is 14.6. The Balaban J connectivity index is 1.11. The Labute approximate surface area is 332 Å². The molecule has 6 aliphatic rings. The molecule has 3 N–H and O–H groups in total. The minimum atomic E-state index is -1.60. The highest BCUT2D eigenvalue weighted by molar-refractivity contribution is 5.95. The van der Waals surface area contributed by atoms with E-state index in [-0.39, 0.29) is 47.8 Å². The minimum absolute atomic E-state index is 0.00624. The average molecular weight is 791 g/mol. The van der Waals surface area contributed by atoms with Gasteiger partial charge in [-0.15, -0.1) is 0 Å². The summed E-state index contributed by atoms with van der Waals surface area (Å²) >= 11 is 0. The lowest BCUT2D eigenvalue weighted by Crippen LogP contribution is -2.54. The first-order valence-corrected chi connectivity index (χ1v) is 20.2. The quantitative estimate of drug-likeness (QED) is 0.163. The zero-order valence-electron chi connectivity index (χ0n) is 33.2. The number of benzene rings is 1. The number of carbonyl (C=O) groups is 4. The molecule has 0 aromatic heterocycles. The van der Waals surface area contributed by atoms with Gasteiger partial charge < -0.3 is 43.7 Å². The fraction of sp³-hybridized carbons (Fsp3) is 0.591. The third kappa shape index (κ3) is 7.31. The van der Waals surface area contributed by atoms with Crippen molar-refractivity contribution < 1.29 is 62.9 Å². The van der Waals surface area contributed by atoms with Crippen LogP contribution in [0.5, 0.6) is 5.75 Å². The molecule has 0 radical (unpaired) electrons. The van der Waals surface area contributed by atoms with Crippen LogP contribution >= 0.6 is 0 Å². The van der Waals surface area contributed by atoms with Gasteiger partial charge in [0.15, 0.2) is 23.8 Å². The first-order chi connectivity index (χ1) is 27.2. The predicted octanol–water partition coefficient (Wildman–Crippen LogP) is 6.42. The molecule has 12 atom stereocenters. The Bertz CT molecular complexity index is 1880. The Morgan fingerprint density at radius 1 is 1.02 bits per heavy atom. The van der Waals surface area contributed by atoms with Crippen LogP contribution in [0, 0.1) is 41.9 Å². The SMILES string of the molecule is COc1cccc(C)c1C(=O)O[C@@H]1[C@H](O)C[C@H](O[C@@H]2CCC[C@@H]3[C@@H]2C=C[C@@H]2CCCC/C=C/[C@@H]4C=C(C(=O)O)[C@H](C)C[C@@]45OC(=O)C(=C5O)OC(=O)[C@@]23C)O[C@H]1C. The predicted molar refractivity (Wildman–Crippen MR) is 204 cm³/mol. The topological polar surface area (TPSA) is 184 Å².